The number of hydrogen-bond acceptors (Lipinski definition) is 4. The zero-order chi connectivity index (χ0) is 14.0. The lowest BCUT2D eigenvalue weighted by atomic mass is 9.99. The number of ketones is 1. The van der Waals surface area contributed by atoms with Gasteiger partial charge >= 0.3 is 6.18 Å². The minimum atomic E-state index is -4.68. The Morgan fingerprint density at radius 2 is 1.89 bits per heavy atom. The molecule has 0 saturated carbocycles. The minimum absolute atomic E-state index is 0.346. The van der Waals surface area contributed by atoms with Crippen molar-refractivity contribution in [3.63, 3.8) is 0 Å². The lowest BCUT2D eigenvalue weighted by Gasteiger charge is -2.05. The molecule has 0 saturated heterocycles. The Balaban J connectivity index is 2.23. The van der Waals surface area contributed by atoms with Gasteiger partial charge in [-0.1, -0.05) is 35.5 Å². The van der Waals surface area contributed by atoms with Gasteiger partial charge in [0.05, 0.1) is 5.92 Å². The minimum Gasteiger partial charge on any atom is -0.338 e. The molecule has 2 rings (SSSR count). The summed E-state index contributed by atoms with van der Waals surface area (Å²) in [6.07, 6.45) is -4.68. The van der Waals surface area contributed by atoms with Crippen LogP contribution in [0.2, 0.25) is 0 Å². The monoisotopic (exact) mass is 270 g/mol. The fraction of sp³-hybridized carbons (Fsp3) is 0.250. The topological polar surface area (TPSA) is 56.0 Å². The molecule has 0 spiro atoms. The van der Waals surface area contributed by atoms with Gasteiger partial charge in [-0.3, -0.25) is 4.79 Å². The van der Waals surface area contributed by atoms with Gasteiger partial charge in [-0.2, -0.15) is 18.2 Å². The maximum atomic E-state index is 12.3. The summed E-state index contributed by atoms with van der Waals surface area (Å²) in [5, 5.41) is 2.82. The Kier molecular flexibility index (Phi) is 3.37. The van der Waals surface area contributed by atoms with Crippen molar-refractivity contribution in [1.29, 1.82) is 0 Å². The van der Waals surface area contributed by atoms with Crippen molar-refractivity contribution in [3.05, 3.63) is 47.6 Å². The molecule has 1 aromatic heterocycles. The smallest absolute Gasteiger partial charge is 0.338 e. The van der Waals surface area contributed by atoms with E-state index in [0.717, 1.165) is 0 Å². The van der Waals surface area contributed by atoms with Gasteiger partial charge in [0.1, 0.15) is 0 Å². The van der Waals surface area contributed by atoms with Gasteiger partial charge in [0, 0.05) is 5.56 Å². The van der Waals surface area contributed by atoms with E-state index < -0.39 is 17.9 Å². The molecule has 0 aliphatic rings. The molecule has 19 heavy (non-hydrogen) atoms. The van der Waals surface area contributed by atoms with Crippen LogP contribution in [0.1, 0.15) is 34.9 Å². The maximum Gasteiger partial charge on any atom is 0.455 e. The van der Waals surface area contributed by atoms with Crippen molar-refractivity contribution in [2.45, 2.75) is 19.0 Å². The SMILES string of the molecule is CC(C(=O)c1ccccc1)c1nc(C(F)(F)F)no1. The third-order valence-electron chi connectivity index (χ3n) is 2.52. The van der Waals surface area contributed by atoms with Crippen LogP contribution in [0.25, 0.3) is 0 Å². The molecule has 4 nitrogen and oxygen atoms in total. The van der Waals surface area contributed by atoms with E-state index in [1.165, 1.54) is 6.92 Å². The zero-order valence-electron chi connectivity index (χ0n) is 9.81. The summed E-state index contributed by atoms with van der Waals surface area (Å²) in [6.45, 7) is 1.42. The Bertz CT molecular complexity index is 578. The van der Waals surface area contributed by atoms with E-state index in [2.05, 4.69) is 14.7 Å². The van der Waals surface area contributed by atoms with Crippen LogP contribution in [0.15, 0.2) is 34.9 Å². The van der Waals surface area contributed by atoms with Gasteiger partial charge in [0.25, 0.3) is 5.82 Å². The number of alkyl halides is 3. The van der Waals surface area contributed by atoms with Crippen LogP contribution in [-0.2, 0) is 6.18 Å². The van der Waals surface area contributed by atoms with Crippen LogP contribution < -0.4 is 0 Å². The quantitative estimate of drug-likeness (QED) is 0.804. The van der Waals surface area contributed by atoms with Crippen molar-refractivity contribution in [3.8, 4) is 0 Å². The standard InChI is InChI=1S/C12H9F3N2O2/c1-7(9(18)8-5-3-2-4-6-8)10-16-11(17-19-10)12(13,14)15/h2-7H,1H3. The summed E-state index contributed by atoms with van der Waals surface area (Å²) in [5.74, 6) is -3.03. The summed E-state index contributed by atoms with van der Waals surface area (Å²) in [4.78, 5) is 15.2. The largest absolute Gasteiger partial charge is 0.455 e. The van der Waals surface area contributed by atoms with Crippen molar-refractivity contribution >= 4 is 5.78 Å². The van der Waals surface area contributed by atoms with Crippen molar-refractivity contribution in [2.24, 2.45) is 0 Å². The number of nitrogens with zero attached hydrogens (tertiary/aromatic N) is 2. The molecule has 1 heterocycles. The Labute approximate surface area is 106 Å². The highest BCUT2D eigenvalue weighted by atomic mass is 19.4. The van der Waals surface area contributed by atoms with E-state index in [9.17, 15) is 18.0 Å². The van der Waals surface area contributed by atoms with Gasteiger partial charge in [0.15, 0.2) is 5.78 Å². The first-order valence-corrected chi connectivity index (χ1v) is 5.39. The molecule has 0 N–H and O–H groups in total. The highest BCUT2D eigenvalue weighted by molar-refractivity contribution is 6.00. The van der Waals surface area contributed by atoms with Crippen LogP contribution >= 0.6 is 0 Å². The molecule has 1 unspecified atom stereocenters. The second kappa shape index (κ2) is 4.83. The van der Waals surface area contributed by atoms with Crippen LogP contribution in [0.5, 0.6) is 0 Å². The molecule has 1 atom stereocenters. The third kappa shape index (κ3) is 2.81. The molecule has 0 bridgehead atoms. The van der Waals surface area contributed by atoms with Crippen molar-refractivity contribution < 1.29 is 22.5 Å². The van der Waals surface area contributed by atoms with Crippen molar-refractivity contribution in [2.75, 3.05) is 0 Å². The number of Topliss-reactive ketones (excluding diaryl/α,β-unsaturated/α-hetero) is 1. The van der Waals surface area contributed by atoms with E-state index in [1.54, 1.807) is 30.3 Å². The summed E-state index contributed by atoms with van der Waals surface area (Å²) >= 11 is 0. The maximum absolute atomic E-state index is 12.3. The van der Waals surface area contributed by atoms with Gasteiger partial charge in [-0.25, -0.2) is 0 Å². The van der Waals surface area contributed by atoms with Gasteiger partial charge in [-0.05, 0) is 6.92 Å². The number of benzene rings is 1. The van der Waals surface area contributed by atoms with E-state index in [-0.39, 0.29) is 11.7 Å². The zero-order valence-corrected chi connectivity index (χ0v) is 9.81. The lowest BCUT2D eigenvalue weighted by molar-refractivity contribution is -0.146. The van der Waals surface area contributed by atoms with E-state index >= 15 is 0 Å². The first-order valence-electron chi connectivity index (χ1n) is 5.39. The molecule has 0 amide bonds. The third-order valence-corrected chi connectivity index (χ3v) is 2.52. The summed E-state index contributed by atoms with van der Waals surface area (Å²) in [7, 11) is 0. The Morgan fingerprint density at radius 3 is 2.42 bits per heavy atom. The molecule has 0 aliphatic carbocycles. The fourth-order valence-corrected chi connectivity index (χ4v) is 1.49. The molecule has 7 heteroatoms. The predicted molar refractivity (Wildman–Crippen MR) is 58.5 cm³/mol. The Hall–Kier alpha value is -2.18. The van der Waals surface area contributed by atoms with Crippen LogP contribution in [-0.4, -0.2) is 15.9 Å². The molecule has 2 aromatic rings. The average molecular weight is 270 g/mol. The van der Waals surface area contributed by atoms with E-state index in [0.29, 0.717) is 5.56 Å². The van der Waals surface area contributed by atoms with Gasteiger partial charge in [0.2, 0.25) is 5.89 Å². The van der Waals surface area contributed by atoms with Crippen LogP contribution in [0.3, 0.4) is 0 Å². The molecule has 0 aliphatic heterocycles. The molecule has 1 aromatic carbocycles. The van der Waals surface area contributed by atoms with E-state index in [1.807, 2.05) is 0 Å². The summed E-state index contributed by atoms with van der Waals surface area (Å²) in [5.41, 5.74) is 0.377. The highest BCUT2D eigenvalue weighted by Gasteiger charge is 2.38. The molecule has 0 radical (unpaired) electrons. The predicted octanol–water partition coefficient (Wildman–Crippen LogP) is 3.07. The summed E-state index contributed by atoms with van der Waals surface area (Å²) < 4.78 is 41.4. The van der Waals surface area contributed by atoms with Crippen LogP contribution in [0.4, 0.5) is 13.2 Å². The number of aromatic nitrogens is 2. The van der Waals surface area contributed by atoms with Crippen molar-refractivity contribution in [1.82, 2.24) is 10.1 Å². The normalized spacial score (nSPS) is 13.3. The first kappa shape index (κ1) is 13.3. The average Bonchev–Trinajstić information content (AvgIpc) is 2.87. The number of halogens is 3. The van der Waals surface area contributed by atoms with Gasteiger partial charge in [-0.15, -0.1) is 0 Å². The second-order valence-corrected chi connectivity index (χ2v) is 3.91. The fourth-order valence-electron chi connectivity index (χ4n) is 1.49. The molecule has 100 valence electrons. The lowest BCUT2D eigenvalue weighted by Crippen LogP contribution is -2.11. The second-order valence-electron chi connectivity index (χ2n) is 3.91. The molecular formula is C12H9F3N2O2. The number of hydrogen-bond donors (Lipinski definition) is 0. The first-order chi connectivity index (χ1) is 8.89. The summed E-state index contributed by atoms with van der Waals surface area (Å²) in [6, 6.07) is 8.19. The number of carbonyl (C=O) groups is 1. The van der Waals surface area contributed by atoms with E-state index in [4.69, 9.17) is 0 Å². The van der Waals surface area contributed by atoms with Gasteiger partial charge < -0.3 is 4.52 Å². The molecular weight excluding hydrogens is 261 g/mol. The van der Waals surface area contributed by atoms with Crippen LogP contribution in [0, 0.1) is 0 Å². The Morgan fingerprint density at radius 1 is 1.26 bits per heavy atom. The highest BCUT2D eigenvalue weighted by Crippen LogP contribution is 2.28. The molecule has 0 fully saturated rings. The number of carbonyl (C=O) groups excluding carboxylic acids is 1. The number of rotatable bonds is 3.